The summed E-state index contributed by atoms with van der Waals surface area (Å²) in [6.07, 6.45) is -0.489. The summed E-state index contributed by atoms with van der Waals surface area (Å²) >= 11 is 0. The van der Waals surface area contributed by atoms with Crippen LogP contribution in [0.3, 0.4) is 0 Å². The van der Waals surface area contributed by atoms with Gasteiger partial charge in [-0.2, -0.15) is 0 Å². The van der Waals surface area contributed by atoms with Gasteiger partial charge in [-0.3, -0.25) is 9.69 Å². The number of carbonyl (C=O) groups excluding carboxylic acids is 2. The minimum absolute atomic E-state index is 0.0658. The van der Waals surface area contributed by atoms with E-state index in [-0.39, 0.29) is 36.6 Å². The molecule has 0 fully saturated rings. The number of aliphatic hydroxyl groups is 1. The van der Waals surface area contributed by atoms with Gasteiger partial charge in [-0.25, -0.2) is 17.9 Å². The number of nitrogens with zero attached hydrogens (tertiary/aromatic N) is 2. The van der Waals surface area contributed by atoms with Gasteiger partial charge in [0.1, 0.15) is 0 Å². The number of anilines is 2. The Labute approximate surface area is 187 Å². The third-order valence-electron chi connectivity index (χ3n) is 5.14. The summed E-state index contributed by atoms with van der Waals surface area (Å²) < 4.78 is 32.0. The fraction of sp³-hybridized carbons (Fsp3) is 0.364. The van der Waals surface area contributed by atoms with E-state index in [0.717, 1.165) is 11.1 Å². The first-order valence-corrected chi connectivity index (χ1v) is 11.8. The Balaban J connectivity index is 2.01. The zero-order valence-electron chi connectivity index (χ0n) is 18.2. The van der Waals surface area contributed by atoms with Crippen molar-refractivity contribution < 1.29 is 27.9 Å². The molecule has 172 valence electrons. The quantitative estimate of drug-likeness (QED) is 0.682. The number of hydrogen-bond acceptors (Lipinski definition) is 6. The molecule has 0 unspecified atom stereocenters. The maximum Gasteiger partial charge on any atom is 0.414 e. The van der Waals surface area contributed by atoms with Crippen LogP contribution in [0.15, 0.2) is 47.4 Å². The van der Waals surface area contributed by atoms with Crippen LogP contribution in [-0.2, 0) is 19.6 Å². The van der Waals surface area contributed by atoms with Gasteiger partial charge < -0.3 is 14.7 Å². The monoisotopic (exact) mass is 461 g/mol. The molecule has 0 saturated heterocycles. The summed E-state index contributed by atoms with van der Waals surface area (Å²) in [5, 5.41) is 8.84. The van der Waals surface area contributed by atoms with E-state index in [0.29, 0.717) is 17.9 Å². The van der Waals surface area contributed by atoms with Crippen LogP contribution in [-0.4, -0.2) is 57.9 Å². The lowest BCUT2D eigenvalue weighted by atomic mass is 10.0. The highest BCUT2D eigenvalue weighted by Crippen LogP contribution is 2.39. The van der Waals surface area contributed by atoms with Crippen LogP contribution < -0.4 is 14.5 Å². The molecule has 32 heavy (non-hydrogen) atoms. The SMILES string of the molecule is CCOC(=O)N1C[C@H](C)N(C(C)=O)c2ccc(-c3ccc(S(=O)(=O)NCCO)cc3)cc21. The highest BCUT2D eigenvalue weighted by molar-refractivity contribution is 7.89. The molecule has 1 aliphatic heterocycles. The summed E-state index contributed by atoms with van der Waals surface area (Å²) in [7, 11) is -3.71. The molecule has 9 nitrogen and oxygen atoms in total. The van der Waals surface area contributed by atoms with Gasteiger partial charge in [-0.1, -0.05) is 18.2 Å². The van der Waals surface area contributed by atoms with Crippen LogP contribution in [0.5, 0.6) is 0 Å². The van der Waals surface area contributed by atoms with E-state index in [4.69, 9.17) is 9.84 Å². The molecule has 2 N–H and O–H groups in total. The molecule has 10 heteroatoms. The second kappa shape index (κ2) is 9.68. The van der Waals surface area contributed by atoms with Crippen molar-refractivity contribution in [2.75, 3.05) is 36.1 Å². The van der Waals surface area contributed by atoms with Crippen LogP contribution >= 0.6 is 0 Å². The predicted octanol–water partition coefficient (Wildman–Crippen LogP) is 2.34. The second-order valence-electron chi connectivity index (χ2n) is 7.40. The Bertz CT molecular complexity index is 1100. The summed E-state index contributed by atoms with van der Waals surface area (Å²) in [6, 6.07) is 11.5. The Morgan fingerprint density at radius 3 is 2.38 bits per heavy atom. The number of benzene rings is 2. The summed E-state index contributed by atoms with van der Waals surface area (Å²) in [5.41, 5.74) is 2.66. The average molecular weight is 462 g/mol. The number of aliphatic hydroxyl groups excluding tert-OH is 1. The summed E-state index contributed by atoms with van der Waals surface area (Å²) in [5.74, 6) is -0.125. The van der Waals surface area contributed by atoms with Crippen molar-refractivity contribution in [1.29, 1.82) is 0 Å². The lowest BCUT2D eigenvalue weighted by molar-refractivity contribution is -0.117. The number of nitrogens with one attached hydrogen (secondary N) is 1. The Hall–Kier alpha value is -2.95. The van der Waals surface area contributed by atoms with Crippen molar-refractivity contribution in [2.45, 2.75) is 31.7 Å². The van der Waals surface area contributed by atoms with E-state index >= 15 is 0 Å². The average Bonchev–Trinajstić information content (AvgIpc) is 2.76. The number of fused-ring (bicyclic) bond motifs is 1. The van der Waals surface area contributed by atoms with E-state index in [1.165, 1.54) is 24.0 Å². The van der Waals surface area contributed by atoms with Gasteiger partial charge in [0.15, 0.2) is 0 Å². The Kier molecular flexibility index (Phi) is 7.17. The molecular weight excluding hydrogens is 434 g/mol. The minimum atomic E-state index is -3.71. The smallest absolute Gasteiger partial charge is 0.414 e. The number of sulfonamides is 1. The van der Waals surface area contributed by atoms with Gasteiger partial charge >= 0.3 is 6.09 Å². The summed E-state index contributed by atoms with van der Waals surface area (Å²) in [6.45, 7) is 5.25. The predicted molar refractivity (Wildman–Crippen MR) is 121 cm³/mol. The van der Waals surface area contributed by atoms with Crippen LogP contribution in [0.2, 0.25) is 0 Å². The molecule has 0 saturated carbocycles. The summed E-state index contributed by atoms with van der Waals surface area (Å²) in [4.78, 5) is 28.1. The van der Waals surface area contributed by atoms with Gasteiger partial charge in [0.25, 0.3) is 0 Å². The maximum absolute atomic E-state index is 12.6. The molecule has 1 heterocycles. The van der Waals surface area contributed by atoms with E-state index in [2.05, 4.69) is 4.72 Å². The molecule has 0 aromatic heterocycles. The van der Waals surface area contributed by atoms with E-state index in [9.17, 15) is 18.0 Å². The third-order valence-corrected chi connectivity index (χ3v) is 6.62. The number of carbonyl (C=O) groups is 2. The minimum Gasteiger partial charge on any atom is -0.449 e. The first-order valence-electron chi connectivity index (χ1n) is 10.3. The van der Waals surface area contributed by atoms with Crippen LogP contribution in [0.4, 0.5) is 16.2 Å². The van der Waals surface area contributed by atoms with Crippen LogP contribution in [0.25, 0.3) is 11.1 Å². The molecule has 2 aromatic rings. The van der Waals surface area contributed by atoms with Crippen LogP contribution in [0, 0.1) is 0 Å². The zero-order chi connectivity index (χ0) is 23.5. The number of hydrogen-bond donors (Lipinski definition) is 2. The Morgan fingerprint density at radius 2 is 1.78 bits per heavy atom. The molecule has 3 rings (SSSR count). The molecule has 0 radical (unpaired) electrons. The molecule has 1 atom stereocenters. The topological polar surface area (TPSA) is 116 Å². The third kappa shape index (κ3) is 4.77. The fourth-order valence-electron chi connectivity index (χ4n) is 3.75. The van der Waals surface area contributed by atoms with Crippen molar-refractivity contribution >= 4 is 33.4 Å². The van der Waals surface area contributed by atoms with E-state index < -0.39 is 16.1 Å². The van der Waals surface area contributed by atoms with E-state index in [1.807, 2.05) is 13.0 Å². The van der Waals surface area contributed by atoms with Gasteiger partial charge in [-0.05, 0) is 49.2 Å². The highest BCUT2D eigenvalue weighted by Gasteiger charge is 2.34. The Morgan fingerprint density at radius 1 is 1.12 bits per heavy atom. The van der Waals surface area contributed by atoms with E-state index in [1.54, 1.807) is 36.1 Å². The lowest BCUT2D eigenvalue weighted by Crippen LogP contribution is -2.51. The van der Waals surface area contributed by atoms with Crippen LogP contribution in [0.1, 0.15) is 20.8 Å². The standard InChI is InChI=1S/C22H27N3O6S/c1-4-31-22(28)24-14-15(2)25(16(3)27)20-10-7-18(13-21(20)24)17-5-8-19(9-6-17)32(29,30)23-11-12-26/h5-10,13,15,23,26H,4,11-12,14H2,1-3H3/t15-/m0/s1. The number of ether oxygens (including phenoxy) is 1. The second-order valence-corrected chi connectivity index (χ2v) is 9.16. The van der Waals surface area contributed by atoms with Gasteiger partial charge in [0.2, 0.25) is 15.9 Å². The van der Waals surface area contributed by atoms with Crippen molar-refractivity contribution in [2.24, 2.45) is 0 Å². The van der Waals surface area contributed by atoms with Gasteiger partial charge in [-0.15, -0.1) is 0 Å². The molecule has 0 bridgehead atoms. The molecular formula is C22H27N3O6S. The van der Waals surface area contributed by atoms with Crippen molar-refractivity contribution in [3.8, 4) is 11.1 Å². The number of amides is 2. The molecule has 2 aromatic carbocycles. The maximum atomic E-state index is 12.6. The highest BCUT2D eigenvalue weighted by atomic mass is 32.2. The molecule has 2 amide bonds. The lowest BCUT2D eigenvalue weighted by Gasteiger charge is -2.40. The van der Waals surface area contributed by atoms with Gasteiger partial charge in [0, 0.05) is 20.0 Å². The first kappa shape index (κ1) is 23.7. The van der Waals surface area contributed by atoms with Gasteiger partial charge in [0.05, 0.1) is 35.5 Å². The molecule has 1 aliphatic rings. The largest absolute Gasteiger partial charge is 0.449 e. The van der Waals surface area contributed by atoms with Crippen molar-refractivity contribution in [3.05, 3.63) is 42.5 Å². The van der Waals surface area contributed by atoms with Crippen molar-refractivity contribution in [3.63, 3.8) is 0 Å². The normalized spacial score (nSPS) is 15.9. The zero-order valence-corrected chi connectivity index (χ0v) is 19.1. The number of rotatable bonds is 6. The first-order chi connectivity index (χ1) is 15.2. The fourth-order valence-corrected chi connectivity index (χ4v) is 4.77. The molecule has 0 aliphatic carbocycles. The van der Waals surface area contributed by atoms with Crippen molar-refractivity contribution in [1.82, 2.24) is 4.72 Å². The molecule has 0 spiro atoms.